The van der Waals surface area contributed by atoms with Gasteiger partial charge < -0.3 is 40.2 Å². The van der Waals surface area contributed by atoms with Crippen molar-refractivity contribution in [3.8, 4) is 0 Å². The van der Waals surface area contributed by atoms with Gasteiger partial charge in [0, 0.05) is 11.1 Å². The molecule has 12 heteroatoms. The van der Waals surface area contributed by atoms with Gasteiger partial charge in [-0.3, -0.25) is 0 Å². The average Bonchev–Trinajstić information content (AvgIpc) is 2.68. The molecule has 0 saturated carbocycles. The second-order valence-corrected chi connectivity index (χ2v) is 4.72. The SMILES string of the molecule is O=C(O)c1ccccc1C(=O)O.O=C([O-])c1ccccc1C(=O)[O-].OCCO.[Na+].[Na+]. The molecule has 0 aromatic heterocycles. The van der Waals surface area contributed by atoms with Gasteiger partial charge in [-0.25, -0.2) is 9.59 Å². The van der Waals surface area contributed by atoms with Crippen molar-refractivity contribution in [3.63, 3.8) is 0 Å². The van der Waals surface area contributed by atoms with Crippen molar-refractivity contribution in [3.05, 3.63) is 70.8 Å². The molecule has 0 unspecified atom stereocenters. The summed E-state index contributed by atoms with van der Waals surface area (Å²) < 4.78 is 0. The number of carbonyl (C=O) groups is 4. The van der Waals surface area contributed by atoms with Crippen molar-refractivity contribution in [2.24, 2.45) is 0 Å². The van der Waals surface area contributed by atoms with Gasteiger partial charge in [-0.15, -0.1) is 0 Å². The Morgan fingerprint density at radius 2 is 0.833 bits per heavy atom. The normalized spacial score (nSPS) is 8.47. The quantitative estimate of drug-likeness (QED) is 0.326. The van der Waals surface area contributed by atoms with Crippen molar-refractivity contribution in [2.75, 3.05) is 13.2 Å². The number of aliphatic hydroxyl groups excluding tert-OH is 2. The zero-order chi connectivity index (χ0) is 21.7. The number of aromatic carboxylic acids is 4. The Morgan fingerprint density at radius 1 is 0.600 bits per heavy atom. The summed E-state index contributed by atoms with van der Waals surface area (Å²) in [5.74, 6) is -5.49. The maximum Gasteiger partial charge on any atom is 1.00 e. The summed E-state index contributed by atoms with van der Waals surface area (Å²) in [4.78, 5) is 41.6. The van der Waals surface area contributed by atoms with Gasteiger partial charge in [0.1, 0.15) is 0 Å². The molecular formula is C18H16Na2O10. The fourth-order valence-electron chi connectivity index (χ4n) is 1.70. The van der Waals surface area contributed by atoms with E-state index in [-0.39, 0.29) is 94.6 Å². The molecule has 0 saturated heterocycles. The third-order valence-electron chi connectivity index (χ3n) is 2.85. The van der Waals surface area contributed by atoms with E-state index in [1.54, 1.807) is 0 Å². The third-order valence-corrected chi connectivity index (χ3v) is 2.85. The zero-order valence-electron chi connectivity index (χ0n) is 16.3. The molecule has 2 rings (SSSR count). The topological polar surface area (TPSA) is 195 Å². The van der Waals surface area contributed by atoms with Crippen LogP contribution in [0, 0.1) is 0 Å². The first-order chi connectivity index (χ1) is 13.2. The van der Waals surface area contributed by atoms with Crippen molar-refractivity contribution in [1.82, 2.24) is 0 Å². The molecule has 150 valence electrons. The molecule has 0 heterocycles. The van der Waals surface area contributed by atoms with E-state index in [1.165, 1.54) is 36.4 Å². The smallest absolute Gasteiger partial charge is 0.545 e. The first-order valence-corrected chi connectivity index (χ1v) is 7.46. The van der Waals surface area contributed by atoms with E-state index in [1.807, 2.05) is 0 Å². The van der Waals surface area contributed by atoms with Crippen LogP contribution in [0.25, 0.3) is 0 Å². The number of rotatable bonds is 5. The molecule has 2 aromatic carbocycles. The molecule has 0 aliphatic heterocycles. The number of carbonyl (C=O) groups excluding carboxylic acids is 2. The van der Waals surface area contributed by atoms with Gasteiger partial charge in [-0.05, 0) is 12.1 Å². The first-order valence-electron chi connectivity index (χ1n) is 7.46. The van der Waals surface area contributed by atoms with E-state index >= 15 is 0 Å². The van der Waals surface area contributed by atoms with Crippen molar-refractivity contribution >= 4 is 23.9 Å². The van der Waals surface area contributed by atoms with Crippen LogP contribution in [-0.2, 0) is 0 Å². The van der Waals surface area contributed by atoms with E-state index in [9.17, 15) is 29.4 Å². The monoisotopic (exact) mass is 438 g/mol. The molecule has 0 aliphatic carbocycles. The average molecular weight is 438 g/mol. The largest absolute Gasteiger partial charge is 1.00 e. The second-order valence-electron chi connectivity index (χ2n) is 4.72. The van der Waals surface area contributed by atoms with E-state index in [2.05, 4.69) is 0 Å². The van der Waals surface area contributed by atoms with Crippen LogP contribution in [-0.4, -0.2) is 57.5 Å². The molecule has 0 fully saturated rings. The first kappa shape index (κ1) is 32.9. The number of hydrogen-bond acceptors (Lipinski definition) is 8. The van der Waals surface area contributed by atoms with Gasteiger partial charge >= 0.3 is 71.1 Å². The summed E-state index contributed by atoms with van der Waals surface area (Å²) in [6.07, 6.45) is 0. The Hall–Kier alpha value is -1.76. The van der Waals surface area contributed by atoms with Crippen LogP contribution in [0.5, 0.6) is 0 Å². The van der Waals surface area contributed by atoms with Gasteiger partial charge in [0.2, 0.25) is 0 Å². The van der Waals surface area contributed by atoms with Crippen LogP contribution >= 0.6 is 0 Å². The molecule has 0 bridgehead atoms. The van der Waals surface area contributed by atoms with Crippen LogP contribution in [0.3, 0.4) is 0 Å². The standard InChI is InChI=1S/2C8H6O4.C2H6O2.2Na/c2*9-7(10)5-3-1-2-4-6(5)8(11)12;3-1-2-4;;/h2*1-4H,(H,9,10)(H,11,12);3-4H,1-2H2;;/q;;;2*+1/p-2. The minimum atomic E-state index is -1.52. The Bertz CT molecular complexity index is 704. The van der Waals surface area contributed by atoms with Crippen molar-refractivity contribution < 1.29 is 109 Å². The zero-order valence-corrected chi connectivity index (χ0v) is 20.3. The van der Waals surface area contributed by atoms with Gasteiger partial charge in [0.15, 0.2) is 0 Å². The summed E-state index contributed by atoms with van der Waals surface area (Å²) in [6, 6.07) is 10.6. The third kappa shape index (κ3) is 12.1. The molecular weight excluding hydrogens is 422 g/mol. The van der Waals surface area contributed by atoms with E-state index in [4.69, 9.17) is 20.4 Å². The van der Waals surface area contributed by atoms with Crippen LogP contribution in [0.2, 0.25) is 0 Å². The summed E-state index contributed by atoms with van der Waals surface area (Å²) in [5.41, 5.74) is -1.11. The molecule has 4 N–H and O–H groups in total. The Balaban J connectivity index is -0.000000391. The van der Waals surface area contributed by atoms with E-state index < -0.39 is 23.9 Å². The number of aliphatic hydroxyl groups is 2. The van der Waals surface area contributed by atoms with Crippen LogP contribution < -0.4 is 69.3 Å². The molecule has 0 atom stereocenters. The fourth-order valence-corrected chi connectivity index (χ4v) is 1.70. The Labute approximate surface area is 215 Å². The predicted molar refractivity (Wildman–Crippen MR) is 89.6 cm³/mol. The molecule has 30 heavy (non-hydrogen) atoms. The van der Waals surface area contributed by atoms with E-state index in [0.29, 0.717) is 0 Å². The molecule has 0 amide bonds. The number of benzene rings is 2. The minimum Gasteiger partial charge on any atom is -0.545 e. The van der Waals surface area contributed by atoms with Gasteiger partial charge in [0.25, 0.3) is 0 Å². The van der Waals surface area contributed by atoms with Crippen LogP contribution in [0.1, 0.15) is 41.4 Å². The Morgan fingerprint density at radius 3 is 1.00 bits per heavy atom. The summed E-state index contributed by atoms with van der Waals surface area (Å²) in [5, 5.41) is 53.0. The molecule has 2 aromatic rings. The maximum absolute atomic E-state index is 10.5. The molecule has 0 aliphatic rings. The minimum absolute atomic E-state index is 0. The van der Waals surface area contributed by atoms with Gasteiger partial charge in [-0.1, -0.05) is 36.4 Å². The molecule has 0 radical (unpaired) electrons. The molecule has 0 spiro atoms. The number of carboxylic acids is 4. The maximum atomic E-state index is 10.5. The number of carboxylic acid groups (broad SMARTS) is 4. The predicted octanol–water partition coefficient (Wildman–Crippen LogP) is -7.52. The molecule has 10 nitrogen and oxygen atoms in total. The van der Waals surface area contributed by atoms with Crippen LogP contribution in [0.4, 0.5) is 0 Å². The Kier molecular flexibility index (Phi) is 19.8. The van der Waals surface area contributed by atoms with Crippen molar-refractivity contribution in [1.29, 1.82) is 0 Å². The van der Waals surface area contributed by atoms with E-state index in [0.717, 1.165) is 12.1 Å². The number of hydrogen-bond donors (Lipinski definition) is 4. The summed E-state index contributed by atoms with van der Waals surface area (Å²) >= 11 is 0. The fraction of sp³-hybridized carbons (Fsp3) is 0.111. The van der Waals surface area contributed by atoms with Gasteiger partial charge in [-0.2, -0.15) is 0 Å². The summed E-state index contributed by atoms with van der Waals surface area (Å²) in [7, 11) is 0. The van der Waals surface area contributed by atoms with Gasteiger partial charge in [0.05, 0.1) is 36.3 Å². The second kappa shape index (κ2) is 18.0. The van der Waals surface area contributed by atoms with Crippen molar-refractivity contribution in [2.45, 2.75) is 0 Å². The van der Waals surface area contributed by atoms with Crippen LogP contribution in [0.15, 0.2) is 48.5 Å². The summed E-state index contributed by atoms with van der Waals surface area (Å²) in [6.45, 7) is -0.250.